The van der Waals surface area contributed by atoms with E-state index in [0.717, 1.165) is 0 Å². The zero-order valence-corrected chi connectivity index (χ0v) is 41.6. The van der Waals surface area contributed by atoms with Crippen molar-refractivity contribution in [1.82, 2.24) is 0 Å². The van der Waals surface area contributed by atoms with E-state index in [1.807, 2.05) is 13.8 Å². The molecule has 19 heteroatoms. The average Bonchev–Trinajstić information content (AvgIpc) is 3.20. The molecule has 14 unspecified atom stereocenters. The summed E-state index contributed by atoms with van der Waals surface area (Å²) in [5.74, 6) is -4.68. The minimum atomic E-state index is -1.85. The number of hydrogen-bond acceptors (Lipinski definition) is 19. The second-order valence-corrected chi connectivity index (χ2v) is 14.8. The quantitative estimate of drug-likeness (QED) is 0.0545. The Morgan fingerprint density at radius 2 is 0.516 bits per heavy atom. The van der Waals surface area contributed by atoms with Gasteiger partial charge in [-0.1, -0.05) is 13.8 Å². The van der Waals surface area contributed by atoms with E-state index in [4.69, 9.17) is 85.3 Å². The molecule has 0 saturated carbocycles. The number of methoxy groups -OCH3 is 6. The van der Waals surface area contributed by atoms with Crippen molar-refractivity contribution in [3.05, 3.63) is 0 Å². The number of rotatable bonds is 40. The van der Waals surface area contributed by atoms with Crippen LogP contribution in [0.4, 0.5) is 0 Å². The third kappa shape index (κ3) is 25.0. The second-order valence-electron chi connectivity index (χ2n) is 14.8. The first-order valence-electron chi connectivity index (χ1n) is 21.8. The van der Waals surface area contributed by atoms with E-state index in [0.29, 0.717) is 12.8 Å². The summed E-state index contributed by atoms with van der Waals surface area (Å²) in [6.45, 7) is 24.4. The maximum Gasteiger partial charge on any atom is 0.289 e. The molecule has 0 aliphatic rings. The van der Waals surface area contributed by atoms with Gasteiger partial charge < -0.3 is 56.8 Å². The molecule has 0 aromatic heterocycles. The van der Waals surface area contributed by atoms with Crippen LogP contribution < -0.4 is 0 Å². The van der Waals surface area contributed by atoms with Gasteiger partial charge in [0.25, 0.3) is 11.9 Å². The summed E-state index contributed by atoms with van der Waals surface area (Å²) < 4.78 is 106. The highest BCUT2D eigenvalue weighted by atomic mass is 17.0. The Hall–Kier alpha value is -1.05. The van der Waals surface area contributed by atoms with Gasteiger partial charge in [-0.15, -0.1) is 0 Å². The smallest absolute Gasteiger partial charge is 0.289 e. The van der Waals surface area contributed by atoms with Gasteiger partial charge >= 0.3 is 0 Å². The van der Waals surface area contributed by atoms with Gasteiger partial charge in [0, 0.05) is 67.3 Å². The number of carbonyl (C=O) groups is 1. The van der Waals surface area contributed by atoms with Crippen molar-refractivity contribution in [2.24, 2.45) is 11.8 Å². The first kappa shape index (κ1) is 60.9. The fourth-order valence-corrected chi connectivity index (χ4v) is 6.29. The molecular weight excluding hydrogens is 820 g/mol. The summed E-state index contributed by atoms with van der Waals surface area (Å²) in [5.41, 5.74) is 0. The lowest BCUT2D eigenvalue weighted by Crippen LogP contribution is -2.49. The Labute approximate surface area is 372 Å². The van der Waals surface area contributed by atoms with E-state index in [1.165, 1.54) is 42.7 Å². The molecule has 0 aliphatic heterocycles. The third-order valence-corrected chi connectivity index (χ3v) is 9.75. The highest BCUT2D eigenvalue weighted by molar-refractivity contribution is 5.83. The Kier molecular flexibility index (Phi) is 32.0. The van der Waals surface area contributed by atoms with E-state index >= 15 is 0 Å². The van der Waals surface area contributed by atoms with Crippen LogP contribution in [0.2, 0.25) is 0 Å². The number of hydrogen-bond donors (Lipinski definition) is 0. The Morgan fingerprint density at radius 1 is 0.339 bits per heavy atom. The van der Waals surface area contributed by atoms with Crippen LogP contribution in [0.5, 0.6) is 0 Å². The van der Waals surface area contributed by atoms with Gasteiger partial charge in [0.1, 0.15) is 5.78 Å². The Bertz CT molecular complexity index is 938. The minimum absolute atomic E-state index is 0.00313. The van der Waals surface area contributed by atoms with E-state index < -0.39 is 99.3 Å². The van der Waals surface area contributed by atoms with Crippen molar-refractivity contribution in [3.63, 3.8) is 0 Å². The molecule has 0 saturated heterocycles. The van der Waals surface area contributed by atoms with Crippen LogP contribution in [0.25, 0.3) is 0 Å². The van der Waals surface area contributed by atoms with Gasteiger partial charge in [0.15, 0.2) is 75.5 Å². The summed E-state index contributed by atoms with van der Waals surface area (Å²) in [6.07, 6.45) is -7.59. The second kappa shape index (κ2) is 32.6. The van der Waals surface area contributed by atoms with Crippen LogP contribution >= 0.6 is 0 Å². The lowest BCUT2D eigenvalue weighted by molar-refractivity contribution is -0.483. The van der Waals surface area contributed by atoms with Crippen LogP contribution in [0.3, 0.4) is 0 Å². The molecule has 0 amide bonds. The Balaban J connectivity index is 6.99. The Morgan fingerprint density at radius 3 is 0.661 bits per heavy atom. The average molecular weight is 907 g/mol. The maximum absolute atomic E-state index is 14.7. The summed E-state index contributed by atoms with van der Waals surface area (Å²) >= 11 is 0. The predicted octanol–water partition coefficient (Wildman–Crippen LogP) is 7.71. The fraction of sp³-hybridized carbons (Fsp3) is 0.977. The van der Waals surface area contributed by atoms with E-state index in [-0.39, 0.29) is 31.5 Å². The molecule has 0 aromatic rings. The topological polar surface area (TPSA) is 183 Å². The van der Waals surface area contributed by atoms with E-state index in [1.54, 1.807) is 83.1 Å². The highest BCUT2D eigenvalue weighted by Gasteiger charge is 2.45. The molecule has 0 fully saturated rings. The highest BCUT2D eigenvalue weighted by Crippen LogP contribution is 2.36. The first-order chi connectivity index (χ1) is 29.1. The van der Waals surface area contributed by atoms with Crippen LogP contribution in [0.15, 0.2) is 0 Å². The third-order valence-electron chi connectivity index (χ3n) is 9.75. The van der Waals surface area contributed by atoms with Crippen molar-refractivity contribution >= 4 is 5.78 Å². The SMILES string of the molecule is CCC(CCC(OC(C)OC(C)OC)(OC(C)OC(C)OC)OC(C)OC(C)OC)C(=O)C(CC)CCC(OC(C)OC(C)OC)(OC(C)OC(C)OC)OC(C)OC(C)OC. The van der Waals surface area contributed by atoms with Gasteiger partial charge in [-0.05, 0) is 109 Å². The molecule has 0 heterocycles. The van der Waals surface area contributed by atoms with Crippen LogP contribution in [0, 0.1) is 11.8 Å². The lowest BCUT2D eigenvalue weighted by Gasteiger charge is -2.40. The molecule has 372 valence electrons. The standard InChI is InChI=1S/C43H86O19/c1-21-39(23-25-42(57-33(9)51-27(3)45-15,58-34(10)52-28(4)46-16)59-35(11)53-29(5)47-17)41(44)40(22-2)24-26-43(60-36(12)54-30(6)48-18,61-37(13)55-31(7)49-19)62-38(14)56-32(8)50-20/h27-40H,21-26H2,1-20H3. The lowest BCUT2D eigenvalue weighted by atomic mass is 9.83. The fourth-order valence-electron chi connectivity index (χ4n) is 6.29. The minimum Gasteiger partial charge on any atom is -0.356 e. The number of Topliss-reactive ketones (excluding diaryl/α,β-unsaturated/α-hetero) is 1. The van der Waals surface area contributed by atoms with Gasteiger partial charge in [-0.2, -0.15) is 0 Å². The van der Waals surface area contributed by atoms with E-state index in [9.17, 15) is 4.79 Å². The summed E-state index contributed by atoms with van der Waals surface area (Å²) in [7, 11) is 9.09. The zero-order chi connectivity index (χ0) is 47.6. The van der Waals surface area contributed by atoms with Crippen molar-refractivity contribution in [1.29, 1.82) is 0 Å². The molecule has 14 atom stereocenters. The number of ketones is 1. The van der Waals surface area contributed by atoms with Crippen molar-refractivity contribution in [2.45, 2.75) is 223 Å². The largest absolute Gasteiger partial charge is 0.356 e. The molecule has 0 spiro atoms. The monoisotopic (exact) mass is 907 g/mol. The molecular formula is C43H86O19. The molecule has 0 bridgehead atoms. The maximum atomic E-state index is 14.7. The molecule has 0 rings (SSSR count). The first-order valence-corrected chi connectivity index (χ1v) is 21.8. The molecule has 62 heavy (non-hydrogen) atoms. The molecule has 0 N–H and O–H groups in total. The number of carbonyl (C=O) groups excluding carboxylic acids is 1. The summed E-state index contributed by atoms with van der Waals surface area (Å²) in [5, 5.41) is 0. The predicted molar refractivity (Wildman–Crippen MR) is 225 cm³/mol. The van der Waals surface area contributed by atoms with Crippen molar-refractivity contribution < 1.29 is 90.1 Å². The van der Waals surface area contributed by atoms with Gasteiger partial charge in [-0.3, -0.25) is 33.2 Å². The molecule has 0 radical (unpaired) electrons. The van der Waals surface area contributed by atoms with Crippen molar-refractivity contribution in [2.75, 3.05) is 42.7 Å². The summed E-state index contributed by atoms with van der Waals surface area (Å²) in [4.78, 5) is 14.7. The van der Waals surface area contributed by atoms with E-state index in [2.05, 4.69) is 0 Å². The summed E-state index contributed by atoms with van der Waals surface area (Å²) in [6, 6.07) is 0. The van der Waals surface area contributed by atoms with Crippen LogP contribution in [-0.4, -0.2) is 136 Å². The van der Waals surface area contributed by atoms with Gasteiger partial charge in [0.05, 0.1) is 0 Å². The zero-order valence-electron chi connectivity index (χ0n) is 41.6. The van der Waals surface area contributed by atoms with Gasteiger partial charge in [0.2, 0.25) is 0 Å². The van der Waals surface area contributed by atoms with Crippen LogP contribution in [0.1, 0.15) is 135 Å². The molecule has 19 nitrogen and oxygen atoms in total. The van der Waals surface area contributed by atoms with Crippen molar-refractivity contribution in [3.8, 4) is 0 Å². The number of ether oxygens (including phenoxy) is 18. The van der Waals surface area contributed by atoms with Gasteiger partial charge in [-0.25, -0.2) is 0 Å². The van der Waals surface area contributed by atoms with Crippen LogP contribution in [-0.2, 0) is 90.1 Å². The molecule has 0 aromatic carbocycles. The normalized spacial score (nSPS) is 21.2. The molecule has 0 aliphatic carbocycles.